The first-order chi connectivity index (χ1) is 11.2. The van der Waals surface area contributed by atoms with Crippen LogP contribution in [0.3, 0.4) is 0 Å². The predicted molar refractivity (Wildman–Crippen MR) is 92.1 cm³/mol. The molecule has 1 aliphatic carbocycles. The van der Waals surface area contributed by atoms with Crippen LogP contribution in [0.15, 0.2) is 34.8 Å². The minimum Gasteiger partial charge on any atom is -0.505 e. The quantitative estimate of drug-likeness (QED) is 0.427. The van der Waals surface area contributed by atoms with Crippen molar-refractivity contribution >= 4 is 5.96 Å². The van der Waals surface area contributed by atoms with E-state index in [2.05, 4.69) is 21.7 Å². The molecule has 0 atom stereocenters. The second-order valence-electron chi connectivity index (χ2n) is 5.77. The molecular weight excluding hydrogens is 293 g/mol. The van der Waals surface area contributed by atoms with Crippen LogP contribution in [0.5, 0.6) is 5.75 Å². The van der Waals surface area contributed by atoms with Crippen molar-refractivity contribution in [2.75, 3.05) is 13.1 Å². The molecule has 0 heterocycles. The summed E-state index contributed by atoms with van der Waals surface area (Å²) in [6, 6.07) is 4.35. The number of aromatic hydroxyl groups is 1. The first-order valence-electron chi connectivity index (χ1n) is 8.36. The first-order valence-corrected chi connectivity index (χ1v) is 8.36. The highest BCUT2D eigenvalue weighted by Gasteiger charge is 2.05. The maximum absolute atomic E-state index is 13.3. The van der Waals surface area contributed by atoms with E-state index in [-0.39, 0.29) is 5.75 Å². The lowest BCUT2D eigenvalue weighted by Crippen LogP contribution is -2.37. The second-order valence-corrected chi connectivity index (χ2v) is 5.77. The summed E-state index contributed by atoms with van der Waals surface area (Å²) < 4.78 is 13.3. The zero-order valence-corrected chi connectivity index (χ0v) is 13.7. The molecule has 0 bridgehead atoms. The van der Waals surface area contributed by atoms with Gasteiger partial charge in [-0.1, -0.05) is 17.7 Å². The number of halogens is 1. The zero-order valence-electron chi connectivity index (χ0n) is 13.7. The topological polar surface area (TPSA) is 56.7 Å². The molecule has 1 aromatic carbocycles. The van der Waals surface area contributed by atoms with E-state index in [0.717, 1.165) is 31.0 Å². The molecule has 0 amide bonds. The first kappa shape index (κ1) is 17.3. The molecule has 0 saturated heterocycles. The fraction of sp³-hybridized carbons (Fsp3) is 0.500. The normalized spacial score (nSPS) is 15.2. The van der Waals surface area contributed by atoms with Gasteiger partial charge in [0.2, 0.25) is 0 Å². The van der Waals surface area contributed by atoms with Crippen LogP contribution < -0.4 is 10.6 Å². The molecule has 0 fully saturated rings. The van der Waals surface area contributed by atoms with Crippen molar-refractivity contribution < 1.29 is 9.50 Å². The van der Waals surface area contributed by atoms with Crippen LogP contribution in [0.1, 0.15) is 44.6 Å². The highest BCUT2D eigenvalue weighted by Crippen LogP contribution is 2.19. The lowest BCUT2D eigenvalue weighted by molar-refractivity contribution is 0.432. The lowest BCUT2D eigenvalue weighted by atomic mass is 9.97. The van der Waals surface area contributed by atoms with Gasteiger partial charge < -0.3 is 15.7 Å². The van der Waals surface area contributed by atoms with Crippen molar-refractivity contribution in [3.8, 4) is 5.75 Å². The van der Waals surface area contributed by atoms with Crippen LogP contribution in [-0.4, -0.2) is 24.2 Å². The largest absolute Gasteiger partial charge is 0.505 e. The number of nitrogens with one attached hydrogen (secondary N) is 2. The van der Waals surface area contributed by atoms with Gasteiger partial charge in [-0.25, -0.2) is 9.38 Å². The SMILES string of the molecule is CCNC(=NCc1ccc(O)c(F)c1)NCCC1=CCCCC1. The summed E-state index contributed by atoms with van der Waals surface area (Å²) in [7, 11) is 0. The average Bonchev–Trinajstić information content (AvgIpc) is 2.56. The number of guanidine groups is 1. The van der Waals surface area contributed by atoms with Crippen molar-refractivity contribution in [3.63, 3.8) is 0 Å². The Bertz CT molecular complexity index is 569. The standard InChI is InChI=1S/C18H26FN3O/c1-2-20-18(21-11-10-14-6-4-3-5-7-14)22-13-15-8-9-17(23)16(19)12-15/h6,8-9,12,23H,2-5,7,10-11,13H2,1H3,(H2,20,21,22). The zero-order chi connectivity index (χ0) is 16.5. The van der Waals surface area contributed by atoms with Gasteiger partial charge in [0.05, 0.1) is 6.54 Å². The minimum absolute atomic E-state index is 0.330. The molecule has 5 heteroatoms. The fourth-order valence-electron chi connectivity index (χ4n) is 2.63. The van der Waals surface area contributed by atoms with Crippen LogP contribution in [0.25, 0.3) is 0 Å². The number of phenols is 1. The molecule has 0 spiro atoms. The molecule has 126 valence electrons. The highest BCUT2D eigenvalue weighted by atomic mass is 19.1. The third kappa shape index (κ3) is 5.93. The monoisotopic (exact) mass is 319 g/mol. The third-order valence-electron chi connectivity index (χ3n) is 3.90. The van der Waals surface area contributed by atoms with E-state index in [1.165, 1.54) is 43.4 Å². The summed E-state index contributed by atoms with van der Waals surface area (Å²) in [5, 5.41) is 15.7. The Balaban J connectivity index is 1.86. The smallest absolute Gasteiger partial charge is 0.191 e. The number of hydrogen-bond acceptors (Lipinski definition) is 2. The van der Waals surface area contributed by atoms with Gasteiger partial charge in [-0.2, -0.15) is 0 Å². The van der Waals surface area contributed by atoms with Crippen LogP contribution in [-0.2, 0) is 6.54 Å². The lowest BCUT2D eigenvalue weighted by Gasteiger charge is -2.15. The van der Waals surface area contributed by atoms with Crippen LogP contribution in [0.2, 0.25) is 0 Å². The number of phenolic OH excluding ortho intramolecular Hbond substituents is 1. The Morgan fingerprint density at radius 3 is 2.87 bits per heavy atom. The molecule has 2 rings (SSSR count). The van der Waals surface area contributed by atoms with Crippen LogP contribution in [0.4, 0.5) is 4.39 Å². The minimum atomic E-state index is -0.611. The summed E-state index contributed by atoms with van der Waals surface area (Å²) in [6.45, 7) is 4.01. The molecule has 1 aromatic rings. The number of hydrogen-bond donors (Lipinski definition) is 3. The van der Waals surface area contributed by atoms with E-state index in [0.29, 0.717) is 6.54 Å². The van der Waals surface area contributed by atoms with Crippen molar-refractivity contribution in [2.24, 2.45) is 4.99 Å². The van der Waals surface area contributed by atoms with Crippen LogP contribution >= 0.6 is 0 Å². The van der Waals surface area contributed by atoms with E-state index >= 15 is 0 Å². The molecule has 0 aliphatic heterocycles. The Hall–Kier alpha value is -2.04. The number of aliphatic imine (C=N–C) groups is 1. The van der Waals surface area contributed by atoms with Crippen molar-refractivity contribution in [1.82, 2.24) is 10.6 Å². The summed E-state index contributed by atoms with van der Waals surface area (Å²) in [4.78, 5) is 4.46. The Kier molecular flexibility index (Phi) is 6.91. The van der Waals surface area contributed by atoms with E-state index in [4.69, 9.17) is 0 Å². The molecule has 1 aliphatic rings. The summed E-state index contributed by atoms with van der Waals surface area (Å²) in [5.74, 6) is -0.208. The van der Waals surface area contributed by atoms with Crippen molar-refractivity contribution in [3.05, 3.63) is 41.2 Å². The van der Waals surface area contributed by atoms with Gasteiger partial charge in [0.25, 0.3) is 0 Å². The fourth-order valence-corrected chi connectivity index (χ4v) is 2.63. The Morgan fingerprint density at radius 2 is 2.17 bits per heavy atom. The van der Waals surface area contributed by atoms with Gasteiger partial charge in [0.1, 0.15) is 0 Å². The molecule has 3 N–H and O–H groups in total. The summed E-state index contributed by atoms with van der Waals surface area (Å²) >= 11 is 0. The number of allylic oxidation sites excluding steroid dienone is 1. The van der Waals surface area contributed by atoms with E-state index in [9.17, 15) is 9.50 Å². The molecule has 23 heavy (non-hydrogen) atoms. The van der Waals surface area contributed by atoms with Crippen molar-refractivity contribution in [1.29, 1.82) is 0 Å². The van der Waals surface area contributed by atoms with Gasteiger partial charge in [0.15, 0.2) is 17.5 Å². The highest BCUT2D eigenvalue weighted by molar-refractivity contribution is 5.79. The van der Waals surface area contributed by atoms with Crippen molar-refractivity contribution in [2.45, 2.75) is 45.6 Å². The maximum Gasteiger partial charge on any atom is 0.191 e. The summed E-state index contributed by atoms with van der Waals surface area (Å²) in [6.07, 6.45) is 8.42. The third-order valence-corrected chi connectivity index (χ3v) is 3.90. The summed E-state index contributed by atoms with van der Waals surface area (Å²) in [5.41, 5.74) is 2.26. The molecular formula is C18H26FN3O. The van der Waals surface area contributed by atoms with Gasteiger partial charge >= 0.3 is 0 Å². The maximum atomic E-state index is 13.3. The van der Waals surface area contributed by atoms with Gasteiger partial charge in [-0.05, 0) is 56.7 Å². The van der Waals surface area contributed by atoms with Gasteiger partial charge in [-0.3, -0.25) is 0 Å². The van der Waals surface area contributed by atoms with Crippen LogP contribution in [0, 0.1) is 5.82 Å². The average molecular weight is 319 g/mol. The van der Waals surface area contributed by atoms with E-state index < -0.39 is 5.82 Å². The Morgan fingerprint density at radius 1 is 1.30 bits per heavy atom. The molecule has 0 unspecified atom stereocenters. The number of nitrogens with zero attached hydrogens (tertiary/aromatic N) is 1. The predicted octanol–water partition coefficient (Wildman–Crippen LogP) is 3.48. The van der Waals surface area contributed by atoms with E-state index in [1.54, 1.807) is 6.07 Å². The number of rotatable bonds is 6. The van der Waals surface area contributed by atoms with Gasteiger partial charge in [-0.15, -0.1) is 0 Å². The van der Waals surface area contributed by atoms with E-state index in [1.807, 2.05) is 6.92 Å². The second kappa shape index (κ2) is 9.18. The Labute approximate surface area is 137 Å². The molecule has 0 aromatic heterocycles. The molecule has 0 radical (unpaired) electrons. The molecule has 4 nitrogen and oxygen atoms in total. The van der Waals surface area contributed by atoms with Gasteiger partial charge in [0, 0.05) is 13.1 Å². The molecule has 0 saturated carbocycles. The number of benzene rings is 1.